The first-order chi connectivity index (χ1) is 10.5. The largest absolute Gasteiger partial charge is 0.296 e. The average Bonchev–Trinajstić information content (AvgIpc) is 2.93. The van der Waals surface area contributed by atoms with Gasteiger partial charge in [-0.15, -0.1) is 0 Å². The van der Waals surface area contributed by atoms with E-state index in [4.69, 9.17) is 12.2 Å². The number of hydrogen-bond donors (Lipinski definition) is 1. The smallest absolute Gasteiger partial charge is 0.278 e. The fraction of sp³-hybridized carbons (Fsp3) is 0.133. The number of aromatic nitrogens is 2. The van der Waals surface area contributed by atoms with E-state index in [9.17, 15) is 9.59 Å². The number of carbonyl (C=O) groups excluding carboxylic acids is 1. The summed E-state index contributed by atoms with van der Waals surface area (Å²) in [5.41, 5.74) is 1.73. The van der Waals surface area contributed by atoms with E-state index in [0.29, 0.717) is 20.5 Å². The molecule has 7 heteroatoms. The number of aromatic amines is 1. The summed E-state index contributed by atoms with van der Waals surface area (Å²) in [4.78, 5) is 26.5. The number of rotatable bonds is 2. The van der Waals surface area contributed by atoms with Crippen molar-refractivity contribution in [2.75, 3.05) is 7.05 Å². The van der Waals surface area contributed by atoms with Gasteiger partial charge in [0.25, 0.3) is 11.5 Å². The standard InChI is InChI=1S/C15H13N3O2S2/c1-9-11(8-12-14(20)17(2)15(21)22-12)13(19)18(16-9)10-6-4-3-5-7-10/h3-8,16H,1-2H3/b12-8+. The number of thioether (sulfide) groups is 1. The molecule has 0 aliphatic carbocycles. The van der Waals surface area contributed by atoms with Gasteiger partial charge in [0.1, 0.15) is 4.32 Å². The molecule has 0 saturated carbocycles. The molecule has 1 saturated heterocycles. The maximum absolute atomic E-state index is 12.6. The molecule has 1 aromatic heterocycles. The highest BCUT2D eigenvalue weighted by molar-refractivity contribution is 8.26. The van der Waals surface area contributed by atoms with Crippen molar-refractivity contribution < 1.29 is 4.79 Å². The minimum absolute atomic E-state index is 0.179. The monoisotopic (exact) mass is 331 g/mol. The highest BCUT2D eigenvalue weighted by Gasteiger charge is 2.29. The molecular weight excluding hydrogens is 318 g/mol. The summed E-state index contributed by atoms with van der Waals surface area (Å²) in [7, 11) is 1.63. The van der Waals surface area contributed by atoms with Gasteiger partial charge in [-0.25, -0.2) is 4.68 Å². The van der Waals surface area contributed by atoms with Crippen LogP contribution in [0.1, 0.15) is 11.3 Å². The Morgan fingerprint density at radius 2 is 1.91 bits per heavy atom. The number of carbonyl (C=O) groups is 1. The zero-order chi connectivity index (χ0) is 15.9. The third-order valence-corrected chi connectivity index (χ3v) is 4.88. The van der Waals surface area contributed by atoms with Crippen molar-refractivity contribution in [2.24, 2.45) is 0 Å². The molecule has 2 aromatic rings. The lowest BCUT2D eigenvalue weighted by Gasteiger charge is -2.03. The molecule has 1 amide bonds. The molecule has 0 atom stereocenters. The van der Waals surface area contributed by atoms with Crippen LogP contribution in [-0.2, 0) is 4.79 Å². The summed E-state index contributed by atoms with van der Waals surface area (Å²) in [6.45, 7) is 1.80. The van der Waals surface area contributed by atoms with E-state index in [0.717, 1.165) is 5.69 Å². The Morgan fingerprint density at radius 1 is 1.23 bits per heavy atom. The Morgan fingerprint density at radius 3 is 2.50 bits per heavy atom. The number of amides is 1. The van der Waals surface area contributed by atoms with Crippen LogP contribution in [0.15, 0.2) is 40.0 Å². The Hall–Kier alpha value is -2.12. The van der Waals surface area contributed by atoms with Crippen LogP contribution in [0, 0.1) is 6.92 Å². The predicted octanol–water partition coefficient (Wildman–Crippen LogP) is 2.31. The Bertz CT molecular complexity index is 849. The van der Waals surface area contributed by atoms with Gasteiger partial charge in [0, 0.05) is 12.7 Å². The normalized spacial score (nSPS) is 16.8. The van der Waals surface area contributed by atoms with Gasteiger partial charge in [0.15, 0.2) is 0 Å². The summed E-state index contributed by atoms with van der Waals surface area (Å²) in [5.74, 6) is -0.179. The van der Waals surface area contributed by atoms with E-state index in [-0.39, 0.29) is 11.5 Å². The number of nitrogens with one attached hydrogen (secondary N) is 1. The number of nitrogens with zero attached hydrogens (tertiary/aromatic N) is 2. The van der Waals surface area contributed by atoms with Crippen molar-refractivity contribution in [3.05, 3.63) is 56.8 Å². The second-order valence-electron chi connectivity index (χ2n) is 4.87. The number of thiocarbonyl (C=S) groups is 1. The molecule has 0 bridgehead atoms. The average molecular weight is 331 g/mol. The zero-order valence-corrected chi connectivity index (χ0v) is 13.6. The van der Waals surface area contributed by atoms with Gasteiger partial charge in [-0.2, -0.15) is 0 Å². The van der Waals surface area contributed by atoms with Gasteiger partial charge in [-0.05, 0) is 25.1 Å². The molecule has 1 aliphatic heterocycles. The minimum Gasteiger partial charge on any atom is -0.296 e. The van der Waals surface area contributed by atoms with E-state index in [1.54, 1.807) is 20.0 Å². The second kappa shape index (κ2) is 5.58. The number of aryl methyl sites for hydroxylation is 1. The number of likely N-dealkylation sites (N-methyl/N-ethyl adjacent to an activating group) is 1. The van der Waals surface area contributed by atoms with Crippen molar-refractivity contribution in [2.45, 2.75) is 6.92 Å². The molecule has 2 heterocycles. The number of benzene rings is 1. The second-order valence-corrected chi connectivity index (χ2v) is 6.54. The van der Waals surface area contributed by atoms with Crippen LogP contribution < -0.4 is 5.56 Å². The topological polar surface area (TPSA) is 58.1 Å². The van der Waals surface area contributed by atoms with E-state index in [1.165, 1.54) is 21.3 Å². The fourth-order valence-corrected chi connectivity index (χ4v) is 3.33. The van der Waals surface area contributed by atoms with Gasteiger partial charge in [0.2, 0.25) is 0 Å². The molecule has 22 heavy (non-hydrogen) atoms. The Labute approximate surface area is 136 Å². The third-order valence-electron chi connectivity index (χ3n) is 3.39. The molecule has 1 N–H and O–H groups in total. The number of hydrogen-bond acceptors (Lipinski definition) is 4. The summed E-state index contributed by atoms with van der Waals surface area (Å²) in [6, 6.07) is 9.29. The lowest BCUT2D eigenvalue weighted by atomic mass is 10.2. The molecule has 1 aliphatic rings. The summed E-state index contributed by atoms with van der Waals surface area (Å²) in [5, 5.41) is 3.03. The van der Waals surface area contributed by atoms with Gasteiger partial charge >= 0.3 is 0 Å². The van der Waals surface area contributed by atoms with Crippen molar-refractivity contribution in [1.29, 1.82) is 0 Å². The van der Waals surface area contributed by atoms with Crippen LogP contribution in [0.4, 0.5) is 0 Å². The Balaban J connectivity index is 2.07. The molecule has 1 aromatic carbocycles. The third kappa shape index (κ3) is 2.42. The van der Waals surface area contributed by atoms with Crippen molar-refractivity contribution in [3.63, 3.8) is 0 Å². The molecule has 0 spiro atoms. The summed E-state index contributed by atoms with van der Waals surface area (Å²) >= 11 is 6.30. The van der Waals surface area contributed by atoms with E-state index < -0.39 is 0 Å². The van der Waals surface area contributed by atoms with E-state index >= 15 is 0 Å². The number of H-pyrrole nitrogens is 1. The van der Waals surface area contributed by atoms with Crippen molar-refractivity contribution >= 4 is 40.3 Å². The SMILES string of the molecule is Cc1[nH]n(-c2ccccc2)c(=O)c1/C=C1/SC(=S)N(C)C1=O. The molecule has 1 fully saturated rings. The quantitative estimate of drug-likeness (QED) is 0.678. The molecule has 3 rings (SSSR count). The summed E-state index contributed by atoms with van der Waals surface area (Å²) < 4.78 is 1.96. The highest BCUT2D eigenvalue weighted by Crippen LogP contribution is 2.31. The maximum atomic E-state index is 12.6. The van der Waals surface area contributed by atoms with E-state index in [1.807, 2.05) is 30.3 Å². The molecule has 0 unspecified atom stereocenters. The lowest BCUT2D eigenvalue weighted by molar-refractivity contribution is -0.121. The number of para-hydroxylation sites is 1. The van der Waals surface area contributed by atoms with Gasteiger partial charge < -0.3 is 0 Å². The van der Waals surface area contributed by atoms with Crippen LogP contribution >= 0.6 is 24.0 Å². The van der Waals surface area contributed by atoms with Crippen LogP contribution in [0.25, 0.3) is 11.8 Å². The Kier molecular flexibility index (Phi) is 3.76. The van der Waals surface area contributed by atoms with Gasteiger partial charge in [-0.1, -0.05) is 42.2 Å². The molecule has 112 valence electrons. The maximum Gasteiger partial charge on any atom is 0.278 e. The van der Waals surface area contributed by atoms with Gasteiger partial charge in [-0.3, -0.25) is 19.6 Å². The molecule has 0 radical (unpaired) electrons. The van der Waals surface area contributed by atoms with Crippen molar-refractivity contribution in [3.8, 4) is 5.69 Å². The van der Waals surface area contributed by atoms with Crippen LogP contribution in [0.5, 0.6) is 0 Å². The zero-order valence-electron chi connectivity index (χ0n) is 12.0. The first-order valence-corrected chi connectivity index (χ1v) is 7.80. The minimum atomic E-state index is -0.190. The van der Waals surface area contributed by atoms with E-state index in [2.05, 4.69) is 5.10 Å². The van der Waals surface area contributed by atoms with Gasteiger partial charge in [0.05, 0.1) is 16.2 Å². The fourth-order valence-electron chi connectivity index (χ4n) is 2.17. The highest BCUT2D eigenvalue weighted by atomic mass is 32.2. The molecular formula is C15H13N3O2S2. The van der Waals surface area contributed by atoms with Crippen LogP contribution in [0.3, 0.4) is 0 Å². The van der Waals surface area contributed by atoms with Crippen molar-refractivity contribution in [1.82, 2.24) is 14.7 Å². The first kappa shape index (κ1) is 14.8. The molecule has 5 nitrogen and oxygen atoms in total. The lowest BCUT2D eigenvalue weighted by Crippen LogP contribution is -2.22. The van der Waals surface area contributed by atoms with Crippen LogP contribution in [0.2, 0.25) is 0 Å². The predicted molar refractivity (Wildman–Crippen MR) is 92.1 cm³/mol. The first-order valence-electron chi connectivity index (χ1n) is 6.57. The van der Waals surface area contributed by atoms with Crippen LogP contribution in [-0.4, -0.2) is 32.0 Å². The summed E-state index contributed by atoms with van der Waals surface area (Å²) in [6.07, 6.45) is 1.61.